The molecule has 122 valence electrons. The Morgan fingerprint density at radius 1 is 1.45 bits per heavy atom. The molecule has 1 aliphatic rings. The van der Waals surface area contributed by atoms with E-state index in [-0.39, 0.29) is 30.7 Å². The Kier molecular flexibility index (Phi) is 7.13. The molecule has 2 aromatic rings. The number of nitrogens with zero attached hydrogens (tertiary/aromatic N) is 1. The molecular formula is C15H21Cl2N3O2. The lowest BCUT2D eigenvalue weighted by Crippen LogP contribution is -2.38. The Hall–Kier alpha value is -1.30. The first-order valence-corrected chi connectivity index (χ1v) is 7.08. The molecule has 0 saturated carbocycles. The molecule has 1 amide bonds. The summed E-state index contributed by atoms with van der Waals surface area (Å²) in [5, 5.41) is 6.29. The number of hydrogen-bond acceptors (Lipinski definition) is 4. The summed E-state index contributed by atoms with van der Waals surface area (Å²) in [7, 11) is 0. The molecule has 5 nitrogen and oxygen atoms in total. The first kappa shape index (κ1) is 18.7. The lowest BCUT2D eigenvalue weighted by atomic mass is 10.00. The zero-order valence-electron chi connectivity index (χ0n) is 12.4. The summed E-state index contributed by atoms with van der Waals surface area (Å²) in [4.78, 5) is 16.4. The van der Waals surface area contributed by atoms with Crippen LogP contribution in [0.3, 0.4) is 0 Å². The van der Waals surface area contributed by atoms with E-state index < -0.39 is 0 Å². The highest BCUT2D eigenvalue weighted by atomic mass is 35.5. The SMILES string of the molecule is Cc1ccc2oc(C(=O)NCC3CCCNC3)cc2n1.Cl.Cl. The second kappa shape index (κ2) is 8.36. The molecule has 1 fully saturated rings. The number of hydrogen-bond donors (Lipinski definition) is 2. The minimum atomic E-state index is -0.161. The lowest BCUT2D eigenvalue weighted by molar-refractivity contribution is 0.0919. The summed E-state index contributed by atoms with van der Waals surface area (Å²) in [5.41, 5.74) is 2.30. The fourth-order valence-electron chi connectivity index (χ4n) is 2.56. The molecule has 2 aromatic heterocycles. The fourth-order valence-corrected chi connectivity index (χ4v) is 2.56. The number of fused-ring (bicyclic) bond motifs is 1. The molecule has 3 heterocycles. The molecule has 1 saturated heterocycles. The number of rotatable bonds is 3. The summed E-state index contributed by atoms with van der Waals surface area (Å²) in [6.07, 6.45) is 2.34. The lowest BCUT2D eigenvalue weighted by Gasteiger charge is -2.22. The molecule has 0 aliphatic carbocycles. The summed E-state index contributed by atoms with van der Waals surface area (Å²) < 4.78 is 5.53. The second-order valence-corrected chi connectivity index (χ2v) is 5.37. The van der Waals surface area contributed by atoms with Crippen molar-refractivity contribution >= 4 is 41.8 Å². The Morgan fingerprint density at radius 2 is 2.27 bits per heavy atom. The van der Waals surface area contributed by atoms with Crippen LogP contribution in [0, 0.1) is 12.8 Å². The van der Waals surface area contributed by atoms with E-state index in [1.165, 1.54) is 6.42 Å². The predicted octanol–water partition coefficient (Wildman–Crippen LogP) is 2.71. The third-order valence-electron chi connectivity index (χ3n) is 3.69. The van der Waals surface area contributed by atoms with Gasteiger partial charge in [0.05, 0.1) is 0 Å². The van der Waals surface area contributed by atoms with E-state index in [2.05, 4.69) is 15.6 Å². The van der Waals surface area contributed by atoms with Gasteiger partial charge in [-0.2, -0.15) is 0 Å². The normalized spacial score (nSPS) is 17.4. The van der Waals surface area contributed by atoms with Crippen LogP contribution < -0.4 is 10.6 Å². The van der Waals surface area contributed by atoms with Crippen LogP contribution in [-0.4, -0.2) is 30.5 Å². The zero-order valence-corrected chi connectivity index (χ0v) is 14.1. The van der Waals surface area contributed by atoms with E-state index >= 15 is 0 Å². The highest BCUT2D eigenvalue weighted by Crippen LogP contribution is 2.18. The number of carbonyl (C=O) groups excluding carboxylic acids is 1. The number of piperidine rings is 1. The number of aromatic nitrogens is 1. The standard InChI is InChI=1S/C15H19N3O2.2ClH/c1-10-4-5-13-12(18-10)7-14(20-13)15(19)17-9-11-3-2-6-16-8-11;;/h4-5,7,11,16H,2-3,6,8-9H2,1H3,(H,17,19);2*1H. The maximum Gasteiger partial charge on any atom is 0.287 e. The molecule has 0 spiro atoms. The average Bonchev–Trinajstić information content (AvgIpc) is 2.89. The van der Waals surface area contributed by atoms with Crippen LogP contribution in [0.2, 0.25) is 0 Å². The van der Waals surface area contributed by atoms with Gasteiger partial charge in [0.2, 0.25) is 0 Å². The molecule has 2 N–H and O–H groups in total. The minimum Gasteiger partial charge on any atom is -0.449 e. The van der Waals surface area contributed by atoms with Crippen LogP contribution in [-0.2, 0) is 0 Å². The van der Waals surface area contributed by atoms with Gasteiger partial charge in [0, 0.05) is 18.3 Å². The van der Waals surface area contributed by atoms with Crippen molar-refractivity contribution in [3.8, 4) is 0 Å². The molecule has 3 rings (SSSR count). The topological polar surface area (TPSA) is 67.2 Å². The van der Waals surface area contributed by atoms with Gasteiger partial charge < -0.3 is 15.1 Å². The molecule has 22 heavy (non-hydrogen) atoms. The van der Waals surface area contributed by atoms with Crippen molar-refractivity contribution in [3.05, 3.63) is 29.7 Å². The fraction of sp³-hybridized carbons (Fsp3) is 0.467. The first-order valence-electron chi connectivity index (χ1n) is 7.08. The van der Waals surface area contributed by atoms with Crippen molar-refractivity contribution in [2.45, 2.75) is 19.8 Å². The number of carbonyl (C=O) groups is 1. The third-order valence-corrected chi connectivity index (χ3v) is 3.69. The van der Waals surface area contributed by atoms with Gasteiger partial charge in [-0.25, -0.2) is 4.98 Å². The zero-order chi connectivity index (χ0) is 13.9. The third kappa shape index (κ3) is 4.35. The van der Waals surface area contributed by atoms with Gasteiger partial charge in [-0.1, -0.05) is 0 Å². The van der Waals surface area contributed by atoms with E-state index in [4.69, 9.17) is 4.42 Å². The molecule has 1 unspecified atom stereocenters. The minimum absolute atomic E-state index is 0. The van der Waals surface area contributed by atoms with Crippen molar-refractivity contribution in [3.63, 3.8) is 0 Å². The van der Waals surface area contributed by atoms with Gasteiger partial charge in [-0.15, -0.1) is 24.8 Å². The van der Waals surface area contributed by atoms with Crippen LogP contribution in [0.1, 0.15) is 29.1 Å². The Labute approximate surface area is 142 Å². The van der Waals surface area contributed by atoms with Crippen molar-refractivity contribution in [2.24, 2.45) is 5.92 Å². The Morgan fingerprint density at radius 3 is 3.00 bits per heavy atom. The van der Waals surface area contributed by atoms with Gasteiger partial charge in [0.15, 0.2) is 11.3 Å². The Bertz CT molecular complexity index is 624. The van der Waals surface area contributed by atoms with Gasteiger partial charge in [-0.3, -0.25) is 4.79 Å². The highest BCUT2D eigenvalue weighted by Gasteiger charge is 2.17. The molecule has 1 atom stereocenters. The number of furan rings is 1. The smallest absolute Gasteiger partial charge is 0.287 e. The molecular weight excluding hydrogens is 325 g/mol. The number of amides is 1. The van der Waals surface area contributed by atoms with E-state index in [0.29, 0.717) is 23.8 Å². The van der Waals surface area contributed by atoms with Crippen molar-refractivity contribution in [1.82, 2.24) is 15.6 Å². The molecule has 0 radical (unpaired) electrons. The van der Waals surface area contributed by atoms with Crippen LogP contribution in [0.4, 0.5) is 0 Å². The van der Waals surface area contributed by atoms with Gasteiger partial charge in [-0.05, 0) is 50.9 Å². The van der Waals surface area contributed by atoms with E-state index in [1.807, 2.05) is 19.1 Å². The largest absolute Gasteiger partial charge is 0.449 e. The maximum absolute atomic E-state index is 12.1. The first-order chi connectivity index (χ1) is 9.72. The van der Waals surface area contributed by atoms with Crippen LogP contribution >= 0.6 is 24.8 Å². The van der Waals surface area contributed by atoms with Gasteiger partial charge >= 0.3 is 0 Å². The number of pyridine rings is 1. The van der Waals surface area contributed by atoms with Crippen molar-refractivity contribution in [2.75, 3.05) is 19.6 Å². The maximum atomic E-state index is 12.1. The molecule has 0 bridgehead atoms. The monoisotopic (exact) mass is 345 g/mol. The molecule has 0 aromatic carbocycles. The van der Waals surface area contributed by atoms with Gasteiger partial charge in [0.1, 0.15) is 5.52 Å². The van der Waals surface area contributed by atoms with Crippen molar-refractivity contribution < 1.29 is 9.21 Å². The predicted molar refractivity (Wildman–Crippen MR) is 91.2 cm³/mol. The van der Waals surface area contributed by atoms with Gasteiger partial charge in [0.25, 0.3) is 5.91 Å². The average molecular weight is 346 g/mol. The van der Waals surface area contributed by atoms with E-state index in [9.17, 15) is 4.79 Å². The van der Waals surface area contributed by atoms with E-state index in [1.54, 1.807) is 6.07 Å². The van der Waals surface area contributed by atoms with Crippen LogP contribution in [0.25, 0.3) is 11.1 Å². The Balaban J connectivity index is 0.00000121. The second-order valence-electron chi connectivity index (χ2n) is 5.37. The van der Waals surface area contributed by atoms with Crippen LogP contribution in [0.5, 0.6) is 0 Å². The number of nitrogens with one attached hydrogen (secondary N) is 2. The quantitative estimate of drug-likeness (QED) is 0.897. The summed E-state index contributed by atoms with van der Waals surface area (Å²) >= 11 is 0. The molecule has 1 aliphatic heterocycles. The highest BCUT2D eigenvalue weighted by molar-refractivity contribution is 5.95. The number of halogens is 2. The van der Waals surface area contributed by atoms with Crippen LogP contribution in [0.15, 0.2) is 22.6 Å². The van der Waals surface area contributed by atoms with Crippen molar-refractivity contribution in [1.29, 1.82) is 0 Å². The molecule has 7 heteroatoms. The summed E-state index contributed by atoms with van der Waals surface area (Å²) in [6.45, 7) is 4.66. The summed E-state index contributed by atoms with van der Waals surface area (Å²) in [5.74, 6) is 0.686. The summed E-state index contributed by atoms with van der Waals surface area (Å²) in [6, 6.07) is 5.43. The van der Waals surface area contributed by atoms with E-state index in [0.717, 1.165) is 30.7 Å². The number of aryl methyl sites for hydroxylation is 1.